The summed E-state index contributed by atoms with van der Waals surface area (Å²) in [4.78, 5) is 42.2. The fraction of sp³-hybridized carbons (Fsp3) is 0.318. The molecule has 1 amide bonds. The lowest BCUT2D eigenvalue weighted by Crippen LogP contribution is -2.33. The van der Waals surface area contributed by atoms with E-state index < -0.39 is 23.7 Å². The predicted molar refractivity (Wildman–Crippen MR) is 103 cm³/mol. The number of amides is 1. The molecule has 2 unspecified atom stereocenters. The summed E-state index contributed by atoms with van der Waals surface area (Å²) in [7, 11) is 3.93. The Morgan fingerprint density at radius 3 is 2.15 bits per heavy atom. The zero-order chi connectivity index (χ0) is 19.4. The number of rotatable bonds is 7. The Hall–Kier alpha value is -2.79. The van der Waals surface area contributed by atoms with Crippen LogP contribution in [0, 0.1) is 5.92 Å². The molecule has 0 N–H and O–H groups in total. The Balaban J connectivity index is 1.96. The molecule has 1 heterocycles. The summed E-state index contributed by atoms with van der Waals surface area (Å²) in [6, 6.07) is 17.5. The lowest BCUT2D eigenvalue weighted by molar-refractivity contribution is -0.140. The third-order valence-corrected chi connectivity index (χ3v) is 4.89. The molecular weight excluding hydrogens is 340 g/mol. The van der Waals surface area contributed by atoms with Gasteiger partial charge in [-0.15, -0.1) is 0 Å². The van der Waals surface area contributed by atoms with Crippen molar-refractivity contribution in [3.8, 4) is 0 Å². The maximum Gasteiger partial charge on any atom is 0.291 e. The highest BCUT2D eigenvalue weighted by Crippen LogP contribution is 2.38. The number of nitrogens with zero attached hydrogens (tertiary/aromatic N) is 2. The van der Waals surface area contributed by atoms with Crippen molar-refractivity contribution in [2.75, 3.05) is 27.2 Å². The third kappa shape index (κ3) is 3.98. The highest BCUT2D eigenvalue weighted by molar-refractivity contribution is 6.44. The SMILES string of the molecule is CN(C)CCCN1C(=O)C(=O)C(C(=O)c2ccccc2)C1c1ccccc1. The first kappa shape index (κ1) is 19.0. The van der Waals surface area contributed by atoms with E-state index in [4.69, 9.17) is 0 Å². The number of carbonyl (C=O) groups excluding carboxylic acids is 3. The summed E-state index contributed by atoms with van der Waals surface area (Å²) in [6.45, 7) is 1.25. The van der Waals surface area contributed by atoms with E-state index >= 15 is 0 Å². The van der Waals surface area contributed by atoms with E-state index in [9.17, 15) is 14.4 Å². The van der Waals surface area contributed by atoms with Crippen LogP contribution in [-0.4, -0.2) is 54.5 Å². The second-order valence-electron chi connectivity index (χ2n) is 7.08. The zero-order valence-electron chi connectivity index (χ0n) is 15.7. The van der Waals surface area contributed by atoms with Crippen LogP contribution in [0.4, 0.5) is 0 Å². The molecule has 0 spiro atoms. The van der Waals surface area contributed by atoms with Gasteiger partial charge in [0.25, 0.3) is 5.91 Å². The van der Waals surface area contributed by atoms with Crippen molar-refractivity contribution in [2.24, 2.45) is 5.92 Å². The van der Waals surface area contributed by atoms with Crippen LogP contribution in [0.2, 0.25) is 0 Å². The van der Waals surface area contributed by atoms with Gasteiger partial charge in [0, 0.05) is 12.1 Å². The van der Waals surface area contributed by atoms with E-state index in [0.29, 0.717) is 12.1 Å². The molecule has 5 nitrogen and oxygen atoms in total. The molecule has 2 atom stereocenters. The van der Waals surface area contributed by atoms with Gasteiger partial charge in [-0.2, -0.15) is 0 Å². The standard InChI is InChI=1S/C22H24N2O3/c1-23(2)14-9-15-24-19(16-10-5-3-6-11-16)18(21(26)22(24)27)20(25)17-12-7-4-8-13-17/h3-8,10-13,18-19H,9,14-15H2,1-2H3. The third-order valence-electron chi connectivity index (χ3n) is 4.89. The number of hydrogen-bond acceptors (Lipinski definition) is 4. The molecule has 0 aromatic heterocycles. The van der Waals surface area contributed by atoms with E-state index in [0.717, 1.165) is 18.5 Å². The molecule has 2 aromatic rings. The molecule has 0 saturated carbocycles. The Kier molecular flexibility index (Phi) is 5.81. The smallest absolute Gasteiger partial charge is 0.291 e. The lowest BCUT2D eigenvalue weighted by atomic mass is 9.86. The predicted octanol–water partition coefficient (Wildman–Crippen LogP) is 2.59. The number of likely N-dealkylation sites (tertiary alicyclic amines) is 1. The lowest BCUT2D eigenvalue weighted by Gasteiger charge is -2.27. The molecule has 1 saturated heterocycles. The minimum absolute atomic E-state index is 0.294. The second kappa shape index (κ2) is 8.27. The molecule has 5 heteroatoms. The summed E-state index contributed by atoms with van der Waals surface area (Å²) in [5, 5.41) is 0. The molecular formula is C22H24N2O3. The first-order valence-corrected chi connectivity index (χ1v) is 9.14. The highest BCUT2D eigenvalue weighted by atomic mass is 16.2. The van der Waals surface area contributed by atoms with Crippen LogP contribution in [0.1, 0.15) is 28.4 Å². The summed E-state index contributed by atoms with van der Waals surface area (Å²) >= 11 is 0. The van der Waals surface area contributed by atoms with Gasteiger partial charge in [0.15, 0.2) is 5.78 Å². The molecule has 1 fully saturated rings. The van der Waals surface area contributed by atoms with Gasteiger partial charge in [-0.3, -0.25) is 14.4 Å². The minimum Gasteiger partial charge on any atom is -0.328 e. The number of carbonyl (C=O) groups is 3. The Bertz CT molecular complexity index is 818. The minimum atomic E-state index is -0.998. The average Bonchev–Trinajstić information content (AvgIpc) is 2.93. The molecule has 0 aliphatic carbocycles. The fourth-order valence-electron chi connectivity index (χ4n) is 3.59. The Morgan fingerprint density at radius 1 is 0.963 bits per heavy atom. The first-order chi connectivity index (χ1) is 13.0. The van der Waals surface area contributed by atoms with Gasteiger partial charge in [0.2, 0.25) is 5.78 Å². The second-order valence-corrected chi connectivity index (χ2v) is 7.08. The normalized spacial score (nSPS) is 19.7. The maximum absolute atomic E-state index is 13.1. The van der Waals surface area contributed by atoms with Crippen molar-refractivity contribution in [3.05, 3.63) is 71.8 Å². The van der Waals surface area contributed by atoms with E-state index in [2.05, 4.69) is 0 Å². The Morgan fingerprint density at radius 2 is 1.56 bits per heavy atom. The van der Waals surface area contributed by atoms with Crippen molar-refractivity contribution < 1.29 is 14.4 Å². The van der Waals surface area contributed by atoms with Crippen LogP contribution < -0.4 is 0 Å². The van der Waals surface area contributed by atoms with Crippen molar-refractivity contribution in [1.29, 1.82) is 0 Å². The molecule has 0 radical (unpaired) electrons. The molecule has 3 rings (SSSR count). The zero-order valence-corrected chi connectivity index (χ0v) is 15.7. The van der Waals surface area contributed by atoms with Crippen LogP contribution in [0.25, 0.3) is 0 Å². The van der Waals surface area contributed by atoms with Crippen molar-refractivity contribution in [3.63, 3.8) is 0 Å². The molecule has 2 aromatic carbocycles. The molecule has 27 heavy (non-hydrogen) atoms. The fourth-order valence-corrected chi connectivity index (χ4v) is 3.59. The van der Waals surface area contributed by atoms with Gasteiger partial charge in [0.05, 0.1) is 6.04 Å². The van der Waals surface area contributed by atoms with E-state index in [-0.39, 0.29) is 5.78 Å². The number of benzene rings is 2. The summed E-state index contributed by atoms with van der Waals surface area (Å²) in [6.07, 6.45) is 0.738. The average molecular weight is 364 g/mol. The van der Waals surface area contributed by atoms with Crippen LogP contribution in [-0.2, 0) is 9.59 Å². The summed E-state index contributed by atoms with van der Waals surface area (Å²) in [5.74, 6) is -2.46. The van der Waals surface area contributed by atoms with E-state index in [1.807, 2.05) is 55.4 Å². The monoisotopic (exact) mass is 364 g/mol. The first-order valence-electron chi connectivity index (χ1n) is 9.14. The van der Waals surface area contributed by atoms with Gasteiger partial charge in [0.1, 0.15) is 5.92 Å². The van der Waals surface area contributed by atoms with Gasteiger partial charge in [-0.1, -0.05) is 60.7 Å². The van der Waals surface area contributed by atoms with Gasteiger partial charge in [-0.25, -0.2) is 0 Å². The summed E-state index contributed by atoms with van der Waals surface area (Å²) in [5.41, 5.74) is 1.27. The van der Waals surface area contributed by atoms with Gasteiger partial charge < -0.3 is 9.80 Å². The molecule has 1 aliphatic rings. The molecule has 140 valence electrons. The van der Waals surface area contributed by atoms with Crippen molar-refractivity contribution in [1.82, 2.24) is 9.80 Å². The topological polar surface area (TPSA) is 57.7 Å². The largest absolute Gasteiger partial charge is 0.328 e. The van der Waals surface area contributed by atoms with Crippen LogP contribution in [0.3, 0.4) is 0 Å². The Labute approximate surface area is 159 Å². The van der Waals surface area contributed by atoms with Crippen LogP contribution in [0.5, 0.6) is 0 Å². The molecule has 0 bridgehead atoms. The maximum atomic E-state index is 13.1. The van der Waals surface area contributed by atoms with Crippen molar-refractivity contribution in [2.45, 2.75) is 12.5 Å². The number of Topliss-reactive ketones (excluding diaryl/α,β-unsaturated/α-hetero) is 2. The van der Waals surface area contributed by atoms with Gasteiger partial charge in [-0.05, 0) is 32.6 Å². The number of hydrogen-bond donors (Lipinski definition) is 0. The van der Waals surface area contributed by atoms with Crippen molar-refractivity contribution >= 4 is 17.5 Å². The van der Waals surface area contributed by atoms with E-state index in [1.54, 1.807) is 29.2 Å². The quantitative estimate of drug-likeness (QED) is 0.430. The van der Waals surface area contributed by atoms with Crippen LogP contribution >= 0.6 is 0 Å². The molecule has 1 aliphatic heterocycles. The van der Waals surface area contributed by atoms with E-state index in [1.165, 1.54) is 0 Å². The van der Waals surface area contributed by atoms with Gasteiger partial charge >= 0.3 is 0 Å². The summed E-state index contributed by atoms with van der Waals surface area (Å²) < 4.78 is 0. The van der Waals surface area contributed by atoms with Crippen LogP contribution in [0.15, 0.2) is 60.7 Å². The number of ketones is 2. The highest BCUT2D eigenvalue weighted by Gasteiger charge is 2.51.